The predicted octanol–water partition coefficient (Wildman–Crippen LogP) is 1.98. The fourth-order valence-electron chi connectivity index (χ4n) is 6.23. The highest BCUT2D eigenvalue weighted by Crippen LogP contribution is 2.46. The summed E-state index contributed by atoms with van der Waals surface area (Å²) in [7, 11) is 1.70. The first-order valence-electron chi connectivity index (χ1n) is 12.9. The van der Waals surface area contributed by atoms with Gasteiger partial charge in [0.15, 0.2) is 0 Å². The van der Waals surface area contributed by atoms with Crippen molar-refractivity contribution < 1.29 is 14.4 Å². The van der Waals surface area contributed by atoms with Crippen LogP contribution in [-0.2, 0) is 45.7 Å². The standard InChI is InChI=1S/C28H25N7O4/c1-33-19-6-2-7-20-24(19)34(10-4-8-23(33)37)27(39)35(20)15-22(36)31-21-11-16-12-28(13-17(16)14-30-21)18-5-3-9-29-25(18)32-26(28)38/h2-3,5-7,9,11,14H,4,8,10,12-13,15H2,1H3,(H,29,32,38)(H,30,31,36). The molecule has 0 saturated carbocycles. The van der Waals surface area contributed by atoms with E-state index < -0.39 is 11.3 Å². The van der Waals surface area contributed by atoms with E-state index in [2.05, 4.69) is 20.6 Å². The van der Waals surface area contributed by atoms with E-state index in [1.807, 2.05) is 18.2 Å². The number of imidazole rings is 1. The highest BCUT2D eigenvalue weighted by molar-refractivity contribution is 6.06. The average molecular weight is 524 g/mol. The number of nitrogens with one attached hydrogen (secondary N) is 2. The zero-order valence-electron chi connectivity index (χ0n) is 21.2. The highest BCUT2D eigenvalue weighted by atomic mass is 16.2. The number of para-hydroxylation sites is 1. The van der Waals surface area contributed by atoms with Crippen molar-refractivity contribution >= 4 is 46.1 Å². The average Bonchev–Trinajstić information content (AvgIpc) is 3.53. The van der Waals surface area contributed by atoms with Crippen LogP contribution in [-0.4, -0.2) is 43.9 Å². The lowest BCUT2D eigenvalue weighted by Gasteiger charge is -2.21. The van der Waals surface area contributed by atoms with Crippen LogP contribution in [0.4, 0.5) is 17.3 Å². The van der Waals surface area contributed by atoms with Crippen LogP contribution < -0.4 is 21.2 Å². The number of pyridine rings is 2. The van der Waals surface area contributed by atoms with Gasteiger partial charge in [0, 0.05) is 38.0 Å². The third-order valence-corrected chi connectivity index (χ3v) is 8.15. The van der Waals surface area contributed by atoms with E-state index in [4.69, 9.17) is 0 Å². The fourth-order valence-corrected chi connectivity index (χ4v) is 6.23. The molecule has 0 radical (unpaired) electrons. The van der Waals surface area contributed by atoms with Gasteiger partial charge in [-0.2, -0.15) is 0 Å². The number of anilines is 3. The summed E-state index contributed by atoms with van der Waals surface area (Å²) in [5.74, 6) is 0.474. The lowest BCUT2D eigenvalue weighted by molar-refractivity contribution is -0.120. The molecule has 7 rings (SSSR count). The van der Waals surface area contributed by atoms with Gasteiger partial charge in [-0.25, -0.2) is 14.8 Å². The molecule has 0 fully saturated rings. The van der Waals surface area contributed by atoms with Gasteiger partial charge in [-0.1, -0.05) is 12.1 Å². The van der Waals surface area contributed by atoms with Crippen molar-refractivity contribution in [3.8, 4) is 0 Å². The molecule has 2 N–H and O–H groups in total. The predicted molar refractivity (Wildman–Crippen MR) is 144 cm³/mol. The first-order chi connectivity index (χ1) is 18.9. The second-order valence-electron chi connectivity index (χ2n) is 10.4. The summed E-state index contributed by atoms with van der Waals surface area (Å²) in [6.07, 6.45) is 5.25. The number of fused-ring (bicyclic) bond motifs is 3. The normalized spacial score (nSPS) is 19.6. The Kier molecular flexibility index (Phi) is 5.00. The summed E-state index contributed by atoms with van der Waals surface area (Å²) in [4.78, 5) is 62.2. The number of hydrogen-bond acceptors (Lipinski definition) is 6. The second kappa shape index (κ2) is 8.35. The molecule has 1 atom stereocenters. The van der Waals surface area contributed by atoms with Crippen LogP contribution in [0.3, 0.4) is 0 Å². The lowest BCUT2D eigenvalue weighted by Crippen LogP contribution is -2.35. The molecule has 2 aliphatic heterocycles. The molecule has 0 saturated heterocycles. The van der Waals surface area contributed by atoms with Crippen LogP contribution in [0.1, 0.15) is 29.5 Å². The van der Waals surface area contributed by atoms with Crippen molar-refractivity contribution in [3.05, 3.63) is 76.0 Å². The number of hydrogen-bond donors (Lipinski definition) is 2. The molecule has 3 amide bonds. The number of amides is 3. The van der Waals surface area contributed by atoms with Crippen molar-refractivity contribution in [1.82, 2.24) is 19.1 Å². The molecule has 39 heavy (non-hydrogen) atoms. The molecule has 196 valence electrons. The smallest absolute Gasteiger partial charge is 0.313 e. The van der Waals surface area contributed by atoms with E-state index in [1.54, 1.807) is 47.1 Å². The second-order valence-corrected chi connectivity index (χ2v) is 10.4. The van der Waals surface area contributed by atoms with Gasteiger partial charge in [-0.3, -0.25) is 23.5 Å². The van der Waals surface area contributed by atoms with E-state index in [1.165, 1.54) is 4.57 Å². The number of aryl methyl sites for hydroxylation is 1. The number of carbonyl (C=O) groups is 3. The summed E-state index contributed by atoms with van der Waals surface area (Å²) in [5.41, 5.74) is 3.65. The van der Waals surface area contributed by atoms with Gasteiger partial charge in [0.25, 0.3) is 0 Å². The molecule has 4 aromatic rings. The Morgan fingerprint density at radius 1 is 1.10 bits per heavy atom. The van der Waals surface area contributed by atoms with Crippen LogP contribution >= 0.6 is 0 Å². The third kappa shape index (κ3) is 3.42. The molecule has 3 aliphatic rings. The Bertz CT molecular complexity index is 1790. The van der Waals surface area contributed by atoms with E-state index in [9.17, 15) is 19.2 Å². The molecular weight excluding hydrogens is 498 g/mol. The molecule has 11 nitrogen and oxygen atoms in total. The highest BCUT2D eigenvalue weighted by Gasteiger charge is 2.51. The SMILES string of the molecule is CN1C(=O)CCCn2c(=O)n(CC(=O)Nc3cc4c(cn3)CC3(C4)C(=O)Nc4ncccc43)c3cccc1c32. The van der Waals surface area contributed by atoms with Crippen LogP contribution in [0, 0.1) is 0 Å². The van der Waals surface area contributed by atoms with Gasteiger partial charge in [-0.05, 0) is 54.7 Å². The third-order valence-electron chi connectivity index (χ3n) is 8.15. The van der Waals surface area contributed by atoms with Crippen molar-refractivity contribution in [3.63, 3.8) is 0 Å². The molecule has 1 aromatic carbocycles. The van der Waals surface area contributed by atoms with Crippen LogP contribution in [0.15, 0.2) is 53.6 Å². The largest absolute Gasteiger partial charge is 0.329 e. The Morgan fingerprint density at radius 2 is 1.95 bits per heavy atom. The number of carbonyl (C=O) groups excluding carboxylic acids is 3. The molecule has 3 aromatic heterocycles. The molecule has 1 aliphatic carbocycles. The van der Waals surface area contributed by atoms with Gasteiger partial charge in [0.2, 0.25) is 17.7 Å². The maximum absolute atomic E-state index is 13.4. The van der Waals surface area contributed by atoms with Gasteiger partial charge in [-0.15, -0.1) is 0 Å². The van der Waals surface area contributed by atoms with E-state index in [-0.39, 0.29) is 24.0 Å². The number of benzene rings is 1. The number of rotatable bonds is 3. The minimum Gasteiger partial charge on any atom is -0.313 e. The first kappa shape index (κ1) is 23.3. The summed E-state index contributed by atoms with van der Waals surface area (Å²) in [6, 6.07) is 10.9. The van der Waals surface area contributed by atoms with Crippen LogP contribution in [0.5, 0.6) is 0 Å². The quantitative estimate of drug-likeness (QED) is 0.422. The lowest BCUT2D eigenvalue weighted by atomic mass is 9.79. The van der Waals surface area contributed by atoms with Gasteiger partial charge in [0.05, 0.1) is 22.1 Å². The van der Waals surface area contributed by atoms with E-state index >= 15 is 0 Å². The summed E-state index contributed by atoms with van der Waals surface area (Å²) < 4.78 is 3.08. The number of nitrogens with zero attached hydrogens (tertiary/aromatic N) is 5. The molecule has 1 unspecified atom stereocenters. The number of aromatic nitrogens is 4. The first-order valence-corrected chi connectivity index (χ1v) is 12.9. The van der Waals surface area contributed by atoms with Gasteiger partial charge < -0.3 is 15.5 Å². The maximum atomic E-state index is 13.4. The van der Waals surface area contributed by atoms with Crippen molar-refractivity contribution in [2.75, 3.05) is 22.6 Å². The molecule has 11 heteroatoms. The molecule has 0 bridgehead atoms. The topological polar surface area (TPSA) is 131 Å². The van der Waals surface area contributed by atoms with E-state index in [0.717, 1.165) is 16.7 Å². The van der Waals surface area contributed by atoms with Crippen molar-refractivity contribution in [1.29, 1.82) is 0 Å². The van der Waals surface area contributed by atoms with Gasteiger partial charge >= 0.3 is 5.69 Å². The van der Waals surface area contributed by atoms with E-state index in [0.29, 0.717) is 60.6 Å². The summed E-state index contributed by atoms with van der Waals surface area (Å²) in [5, 5.41) is 5.71. The minimum atomic E-state index is -0.721. The summed E-state index contributed by atoms with van der Waals surface area (Å²) >= 11 is 0. The zero-order chi connectivity index (χ0) is 26.9. The maximum Gasteiger partial charge on any atom is 0.329 e. The fraction of sp³-hybridized carbons (Fsp3) is 0.286. The van der Waals surface area contributed by atoms with Gasteiger partial charge in [0.1, 0.15) is 18.2 Å². The zero-order valence-corrected chi connectivity index (χ0v) is 21.2. The van der Waals surface area contributed by atoms with Crippen LogP contribution in [0.25, 0.3) is 11.0 Å². The molecular formula is C28H25N7O4. The molecule has 1 spiro atoms. The Balaban J connectivity index is 1.16. The van der Waals surface area contributed by atoms with Crippen molar-refractivity contribution in [2.45, 2.75) is 44.2 Å². The van der Waals surface area contributed by atoms with Crippen molar-refractivity contribution in [2.24, 2.45) is 0 Å². The Labute approximate surface area is 222 Å². The Hall–Kier alpha value is -4.80. The Morgan fingerprint density at radius 3 is 2.82 bits per heavy atom. The monoisotopic (exact) mass is 523 g/mol. The minimum absolute atomic E-state index is 0.00834. The van der Waals surface area contributed by atoms with Crippen LogP contribution in [0.2, 0.25) is 0 Å². The molecule has 5 heterocycles. The summed E-state index contributed by atoms with van der Waals surface area (Å²) in [6.45, 7) is 0.203.